The number of hydrogen-bond donors (Lipinski definition) is 2. The molecule has 1 amide bonds. The average molecular weight is 295 g/mol. The highest BCUT2D eigenvalue weighted by molar-refractivity contribution is 5.78. The molecule has 122 valence electrons. The first kappa shape index (κ1) is 16.8. The number of nitrogens with one attached hydrogen (secondary N) is 2. The van der Waals surface area contributed by atoms with Gasteiger partial charge in [-0.15, -0.1) is 0 Å². The molecule has 4 nitrogen and oxygen atoms in total. The molecule has 1 aliphatic carbocycles. The minimum absolute atomic E-state index is 0.234. The van der Waals surface area contributed by atoms with Gasteiger partial charge in [-0.05, 0) is 51.2 Å². The van der Waals surface area contributed by atoms with Gasteiger partial charge in [-0.1, -0.05) is 32.6 Å². The molecule has 2 aliphatic rings. The normalized spacial score (nSPS) is 22.2. The molecule has 0 aromatic heterocycles. The van der Waals surface area contributed by atoms with Gasteiger partial charge in [-0.2, -0.15) is 0 Å². The van der Waals surface area contributed by atoms with Crippen LogP contribution in [0.4, 0.5) is 0 Å². The molecule has 0 spiro atoms. The Morgan fingerprint density at radius 1 is 1.10 bits per heavy atom. The SMILES string of the molecule is CCN(CC(=O)NC1CCCCCC1)CC1CCNCC1. The summed E-state index contributed by atoms with van der Waals surface area (Å²) >= 11 is 0. The Morgan fingerprint density at radius 2 is 1.76 bits per heavy atom. The maximum Gasteiger partial charge on any atom is 0.234 e. The van der Waals surface area contributed by atoms with Crippen LogP contribution >= 0.6 is 0 Å². The molecule has 0 aromatic carbocycles. The van der Waals surface area contributed by atoms with E-state index in [1.165, 1.54) is 51.4 Å². The lowest BCUT2D eigenvalue weighted by Crippen LogP contribution is -2.44. The molecular formula is C17H33N3O. The first-order valence-corrected chi connectivity index (χ1v) is 9.00. The zero-order chi connectivity index (χ0) is 14.9. The van der Waals surface area contributed by atoms with Crippen LogP contribution in [0.25, 0.3) is 0 Å². The molecule has 0 atom stereocenters. The fourth-order valence-corrected chi connectivity index (χ4v) is 3.63. The van der Waals surface area contributed by atoms with E-state index in [-0.39, 0.29) is 5.91 Å². The van der Waals surface area contributed by atoms with Gasteiger partial charge in [0, 0.05) is 12.6 Å². The third-order valence-corrected chi connectivity index (χ3v) is 5.01. The van der Waals surface area contributed by atoms with Gasteiger partial charge in [0.05, 0.1) is 6.54 Å². The highest BCUT2D eigenvalue weighted by atomic mass is 16.2. The van der Waals surface area contributed by atoms with Crippen LogP contribution in [0.5, 0.6) is 0 Å². The van der Waals surface area contributed by atoms with Crippen LogP contribution in [0, 0.1) is 5.92 Å². The standard InChI is InChI=1S/C17H33N3O/c1-2-20(13-15-9-11-18-12-10-15)14-17(21)19-16-7-5-3-4-6-8-16/h15-16,18H,2-14H2,1H3,(H,19,21). The predicted molar refractivity (Wildman–Crippen MR) is 87.3 cm³/mol. The van der Waals surface area contributed by atoms with Crippen molar-refractivity contribution in [2.45, 2.75) is 64.3 Å². The van der Waals surface area contributed by atoms with Crippen molar-refractivity contribution in [1.29, 1.82) is 0 Å². The van der Waals surface area contributed by atoms with Crippen LogP contribution in [0.2, 0.25) is 0 Å². The van der Waals surface area contributed by atoms with Crippen molar-refractivity contribution >= 4 is 5.91 Å². The molecule has 0 aromatic rings. The highest BCUT2D eigenvalue weighted by Crippen LogP contribution is 2.17. The second-order valence-corrected chi connectivity index (χ2v) is 6.78. The second-order valence-electron chi connectivity index (χ2n) is 6.78. The van der Waals surface area contributed by atoms with E-state index in [0.29, 0.717) is 12.6 Å². The highest BCUT2D eigenvalue weighted by Gasteiger charge is 2.19. The summed E-state index contributed by atoms with van der Waals surface area (Å²) in [5.74, 6) is 0.995. The average Bonchev–Trinajstić information content (AvgIpc) is 2.76. The molecule has 2 rings (SSSR count). The number of rotatable bonds is 6. The molecule has 0 radical (unpaired) electrons. The van der Waals surface area contributed by atoms with Crippen LogP contribution < -0.4 is 10.6 Å². The van der Waals surface area contributed by atoms with Crippen LogP contribution in [0.1, 0.15) is 58.3 Å². The molecular weight excluding hydrogens is 262 g/mol. The van der Waals surface area contributed by atoms with Crippen LogP contribution in [0.3, 0.4) is 0 Å². The molecule has 1 saturated heterocycles. The van der Waals surface area contributed by atoms with Crippen LogP contribution in [0.15, 0.2) is 0 Å². The molecule has 0 unspecified atom stereocenters. The van der Waals surface area contributed by atoms with Crippen molar-refractivity contribution in [2.24, 2.45) is 5.92 Å². The Balaban J connectivity index is 1.70. The number of carbonyl (C=O) groups is 1. The number of amides is 1. The van der Waals surface area contributed by atoms with E-state index in [2.05, 4.69) is 22.5 Å². The minimum Gasteiger partial charge on any atom is -0.352 e. The number of likely N-dealkylation sites (N-methyl/N-ethyl adjacent to an activating group) is 1. The first-order valence-electron chi connectivity index (χ1n) is 9.00. The van der Waals surface area contributed by atoms with Crippen molar-refractivity contribution in [3.8, 4) is 0 Å². The van der Waals surface area contributed by atoms with E-state index in [0.717, 1.165) is 32.1 Å². The van der Waals surface area contributed by atoms with E-state index in [1.54, 1.807) is 0 Å². The summed E-state index contributed by atoms with van der Waals surface area (Å²) in [6, 6.07) is 0.428. The van der Waals surface area contributed by atoms with Gasteiger partial charge in [0.25, 0.3) is 0 Å². The molecule has 0 bridgehead atoms. The van der Waals surface area contributed by atoms with Gasteiger partial charge in [-0.25, -0.2) is 0 Å². The summed E-state index contributed by atoms with van der Waals surface area (Å²) in [5, 5.41) is 6.68. The number of nitrogens with zero attached hydrogens (tertiary/aromatic N) is 1. The van der Waals surface area contributed by atoms with Gasteiger partial charge < -0.3 is 10.6 Å². The summed E-state index contributed by atoms with van der Waals surface area (Å²) in [7, 11) is 0. The lowest BCUT2D eigenvalue weighted by Gasteiger charge is -2.29. The van der Waals surface area contributed by atoms with Gasteiger partial charge in [0.15, 0.2) is 0 Å². The van der Waals surface area contributed by atoms with E-state index in [9.17, 15) is 4.79 Å². The minimum atomic E-state index is 0.234. The summed E-state index contributed by atoms with van der Waals surface area (Å²) in [5.41, 5.74) is 0. The fraction of sp³-hybridized carbons (Fsp3) is 0.941. The van der Waals surface area contributed by atoms with E-state index < -0.39 is 0 Å². The monoisotopic (exact) mass is 295 g/mol. The van der Waals surface area contributed by atoms with E-state index in [1.807, 2.05) is 0 Å². The predicted octanol–water partition coefficient (Wildman–Crippen LogP) is 2.15. The van der Waals surface area contributed by atoms with Crippen molar-refractivity contribution in [3.63, 3.8) is 0 Å². The molecule has 2 N–H and O–H groups in total. The summed E-state index contributed by atoms with van der Waals surface area (Å²) < 4.78 is 0. The Kier molecular flexibility index (Phi) is 7.51. The quantitative estimate of drug-likeness (QED) is 0.738. The number of hydrogen-bond acceptors (Lipinski definition) is 3. The molecule has 1 aliphatic heterocycles. The lowest BCUT2D eigenvalue weighted by molar-refractivity contribution is -0.123. The number of piperidine rings is 1. The smallest absolute Gasteiger partial charge is 0.234 e. The summed E-state index contributed by atoms with van der Waals surface area (Å²) in [4.78, 5) is 14.6. The van der Waals surface area contributed by atoms with Gasteiger partial charge in [0.2, 0.25) is 5.91 Å². The third kappa shape index (κ3) is 6.35. The van der Waals surface area contributed by atoms with Crippen molar-refractivity contribution in [1.82, 2.24) is 15.5 Å². The topological polar surface area (TPSA) is 44.4 Å². The molecule has 1 saturated carbocycles. The zero-order valence-corrected chi connectivity index (χ0v) is 13.7. The van der Waals surface area contributed by atoms with E-state index >= 15 is 0 Å². The maximum absolute atomic E-state index is 12.3. The van der Waals surface area contributed by atoms with Crippen LogP contribution in [-0.4, -0.2) is 49.6 Å². The Morgan fingerprint density at radius 3 is 2.38 bits per heavy atom. The molecule has 1 heterocycles. The van der Waals surface area contributed by atoms with Gasteiger partial charge in [0.1, 0.15) is 0 Å². The summed E-state index contributed by atoms with van der Waals surface area (Å²) in [6.45, 7) is 7.07. The fourth-order valence-electron chi connectivity index (χ4n) is 3.63. The zero-order valence-electron chi connectivity index (χ0n) is 13.7. The largest absolute Gasteiger partial charge is 0.352 e. The first-order chi connectivity index (χ1) is 10.3. The molecule has 2 fully saturated rings. The Bertz CT molecular complexity index is 294. The van der Waals surface area contributed by atoms with E-state index in [4.69, 9.17) is 0 Å². The van der Waals surface area contributed by atoms with Crippen molar-refractivity contribution < 1.29 is 4.79 Å². The van der Waals surface area contributed by atoms with Crippen molar-refractivity contribution in [3.05, 3.63) is 0 Å². The second kappa shape index (κ2) is 9.42. The Labute approximate surface area is 130 Å². The third-order valence-electron chi connectivity index (χ3n) is 5.01. The van der Waals surface area contributed by atoms with Gasteiger partial charge in [-0.3, -0.25) is 9.69 Å². The van der Waals surface area contributed by atoms with Gasteiger partial charge >= 0.3 is 0 Å². The lowest BCUT2D eigenvalue weighted by atomic mass is 9.97. The van der Waals surface area contributed by atoms with Crippen molar-refractivity contribution in [2.75, 3.05) is 32.7 Å². The van der Waals surface area contributed by atoms with Crippen LogP contribution in [-0.2, 0) is 4.79 Å². The molecule has 21 heavy (non-hydrogen) atoms. The maximum atomic E-state index is 12.3. The number of carbonyl (C=O) groups excluding carboxylic acids is 1. The molecule has 4 heteroatoms. The Hall–Kier alpha value is -0.610. The summed E-state index contributed by atoms with van der Waals surface area (Å²) in [6.07, 6.45) is 10.1.